The van der Waals surface area contributed by atoms with Crippen LogP contribution in [0.3, 0.4) is 0 Å². The fraction of sp³-hybridized carbons (Fsp3) is 0.167. The number of H-pyrrole nitrogens is 1. The molecule has 0 saturated heterocycles. The molecule has 0 aliphatic rings. The molecule has 0 bridgehead atoms. The average Bonchev–Trinajstić information content (AvgIpc) is 2.52. The number of nitrogens with zero attached hydrogens (tertiary/aromatic N) is 1. The first-order valence-corrected chi connectivity index (χ1v) is 3.48. The fourth-order valence-corrected chi connectivity index (χ4v) is 0.759. The molecule has 6 N–H and O–H groups in total. The Morgan fingerprint density at radius 1 is 1.62 bits per heavy atom. The van der Waals surface area contributed by atoms with Gasteiger partial charge in [-0.25, -0.2) is 0 Å². The van der Waals surface area contributed by atoms with Gasteiger partial charge in [-0.3, -0.25) is 14.7 Å². The Balaban J connectivity index is 2.82. The van der Waals surface area contributed by atoms with Crippen molar-refractivity contribution in [3.63, 3.8) is 0 Å². The number of carbonyl (C=O) groups is 2. The molecular weight excluding hydrogens is 174 g/mol. The van der Waals surface area contributed by atoms with Gasteiger partial charge in [0.1, 0.15) is 11.4 Å². The first-order valence-electron chi connectivity index (χ1n) is 3.48. The van der Waals surface area contributed by atoms with Gasteiger partial charge >= 0.3 is 0 Å². The zero-order valence-electron chi connectivity index (χ0n) is 6.70. The standard InChI is InChI=1S/C6H9N5O2/c7-1-4(12)10-6-3(5(8)13)2-9-11-6/h2H,1,7H2,(H2,8,13)(H2,9,10,11,12). The minimum absolute atomic E-state index is 0.127. The Morgan fingerprint density at radius 2 is 2.31 bits per heavy atom. The minimum Gasteiger partial charge on any atom is -0.365 e. The first kappa shape index (κ1) is 9.20. The van der Waals surface area contributed by atoms with Crippen molar-refractivity contribution in [1.82, 2.24) is 10.2 Å². The predicted molar refractivity (Wildman–Crippen MR) is 44.8 cm³/mol. The van der Waals surface area contributed by atoms with E-state index in [0.29, 0.717) is 0 Å². The van der Waals surface area contributed by atoms with Crippen LogP contribution in [0, 0.1) is 0 Å². The topological polar surface area (TPSA) is 127 Å². The second kappa shape index (κ2) is 3.68. The van der Waals surface area contributed by atoms with E-state index >= 15 is 0 Å². The minimum atomic E-state index is -0.666. The van der Waals surface area contributed by atoms with E-state index in [1.54, 1.807) is 0 Å². The highest BCUT2D eigenvalue weighted by Crippen LogP contribution is 2.08. The number of anilines is 1. The second-order valence-corrected chi connectivity index (χ2v) is 2.28. The highest BCUT2D eigenvalue weighted by molar-refractivity contribution is 6.02. The molecule has 0 aliphatic heterocycles. The fourth-order valence-electron chi connectivity index (χ4n) is 0.759. The third-order valence-electron chi connectivity index (χ3n) is 1.35. The van der Waals surface area contributed by atoms with E-state index in [4.69, 9.17) is 11.5 Å². The highest BCUT2D eigenvalue weighted by atomic mass is 16.2. The molecule has 0 atom stereocenters. The van der Waals surface area contributed by atoms with Gasteiger partial charge in [-0.1, -0.05) is 0 Å². The van der Waals surface area contributed by atoms with Gasteiger partial charge in [0.15, 0.2) is 0 Å². The Morgan fingerprint density at radius 3 is 2.85 bits per heavy atom. The lowest BCUT2D eigenvalue weighted by Crippen LogP contribution is -2.24. The largest absolute Gasteiger partial charge is 0.365 e. The number of amides is 2. The third kappa shape index (κ3) is 2.03. The van der Waals surface area contributed by atoms with Crippen LogP contribution in [-0.2, 0) is 4.79 Å². The van der Waals surface area contributed by atoms with E-state index in [1.165, 1.54) is 6.20 Å². The molecule has 0 radical (unpaired) electrons. The van der Waals surface area contributed by atoms with Gasteiger partial charge in [-0.2, -0.15) is 5.10 Å². The van der Waals surface area contributed by atoms with E-state index in [1.807, 2.05) is 0 Å². The van der Waals surface area contributed by atoms with Crippen LogP contribution in [0.1, 0.15) is 10.4 Å². The maximum atomic E-state index is 10.8. The lowest BCUT2D eigenvalue weighted by molar-refractivity contribution is -0.114. The van der Waals surface area contributed by atoms with Crippen LogP contribution in [0.25, 0.3) is 0 Å². The molecule has 1 aromatic rings. The number of carbonyl (C=O) groups excluding carboxylic acids is 2. The van der Waals surface area contributed by atoms with Crippen molar-refractivity contribution < 1.29 is 9.59 Å². The van der Waals surface area contributed by atoms with E-state index < -0.39 is 11.8 Å². The van der Waals surface area contributed by atoms with Crippen LogP contribution in [0.4, 0.5) is 5.82 Å². The normalized spacial score (nSPS) is 9.62. The maximum Gasteiger partial charge on any atom is 0.254 e. The number of nitrogens with two attached hydrogens (primary N) is 2. The highest BCUT2D eigenvalue weighted by Gasteiger charge is 2.11. The molecule has 7 nitrogen and oxygen atoms in total. The quantitative estimate of drug-likeness (QED) is 0.450. The Hall–Kier alpha value is -1.89. The van der Waals surface area contributed by atoms with Crippen LogP contribution in [0.2, 0.25) is 0 Å². The molecular formula is C6H9N5O2. The molecule has 0 saturated carbocycles. The molecule has 0 aromatic carbocycles. The number of aromatic amines is 1. The van der Waals surface area contributed by atoms with Crippen LogP contribution >= 0.6 is 0 Å². The monoisotopic (exact) mass is 183 g/mol. The summed E-state index contributed by atoms with van der Waals surface area (Å²) in [7, 11) is 0. The second-order valence-electron chi connectivity index (χ2n) is 2.28. The molecule has 70 valence electrons. The Kier molecular flexibility index (Phi) is 2.60. The first-order chi connectivity index (χ1) is 6.15. The van der Waals surface area contributed by atoms with Crippen molar-refractivity contribution >= 4 is 17.6 Å². The maximum absolute atomic E-state index is 10.8. The van der Waals surface area contributed by atoms with Gasteiger partial charge in [0.05, 0.1) is 12.7 Å². The van der Waals surface area contributed by atoms with Crippen molar-refractivity contribution in [2.75, 3.05) is 11.9 Å². The van der Waals surface area contributed by atoms with Crippen LogP contribution in [0.15, 0.2) is 6.20 Å². The Bertz CT molecular complexity index is 332. The van der Waals surface area contributed by atoms with Gasteiger partial charge < -0.3 is 16.8 Å². The molecule has 0 fully saturated rings. The average molecular weight is 183 g/mol. The van der Waals surface area contributed by atoms with Crippen LogP contribution in [0.5, 0.6) is 0 Å². The van der Waals surface area contributed by atoms with Crippen LogP contribution in [-0.4, -0.2) is 28.6 Å². The molecule has 1 heterocycles. The third-order valence-corrected chi connectivity index (χ3v) is 1.35. The molecule has 0 spiro atoms. The zero-order valence-corrected chi connectivity index (χ0v) is 6.70. The van der Waals surface area contributed by atoms with Gasteiger partial charge in [-0.05, 0) is 0 Å². The lowest BCUT2D eigenvalue weighted by Gasteiger charge is -2.00. The molecule has 13 heavy (non-hydrogen) atoms. The number of rotatable bonds is 3. The van der Waals surface area contributed by atoms with E-state index in [9.17, 15) is 9.59 Å². The summed E-state index contributed by atoms with van der Waals surface area (Å²) in [6.45, 7) is -0.169. The van der Waals surface area contributed by atoms with Gasteiger partial charge in [0.2, 0.25) is 5.91 Å². The zero-order chi connectivity index (χ0) is 9.84. The summed E-state index contributed by atoms with van der Waals surface area (Å²) in [4.78, 5) is 21.6. The summed E-state index contributed by atoms with van der Waals surface area (Å²) < 4.78 is 0. The number of primary amides is 1. The summed E-state index contributed by atoms with van der Waals surface area (Å²) in [5, 5.41) is 8.30. The molecule has 1 aromatic heterocycles. The Labute approximate surface area is 73.5 Å². The van der Waals surface area contributed by atoms with Crippen molar-refractivity contribution in [2.24, 2.45) is 11.5 Å². The number of nitrogens with one attached hydrogen (secondary N) is 2. The molecule has 2 amide bonds. The smallest absolute Gasteiger partial charge is 0.254 e. The van der Waals surface area contributed by atoms with E-state index in [-0.39, 0.29) is 17.9 Å². The van der Waals surface area contributed by atoms with Gasteiger partial charge in [0.25, 0.3) is 5.91 Å². The molecule has 0 aliphatic carbocycles. The van der Waals surface area contributed by atoms with Crippen molar-refractivity contribution in [1.29, 1.82) is 0 Å². The molecule has 7 heteroatoms. The summed E-state index contributed by atoms with van der Waals surface area (Å²) in [5.74, 6) is -0.921. The molecule has 1 rings (SSSR count). The number of aromatic nitrogens is 2. The summed E-state index contributed by atoms with van der Waals surface area (Å²) >= 11 is 0. The SMILES string of the molecule is NCC(=O)Nc1[nH]ncc1C(N)=O. The molecule has 0 unspecified atom stereocenters. The lowest BCUT2D eigenvalue weighted by atomic mass is 10.3. The van der Waals surface area contributed by atoms with Crippen molar-refractivity contribution in [3.05, 3.63) is 11.8 Å². The summed E-state index contributed by atoms with van der Waals surface area (Å²) in [6.07, 6.45) is 1.23. The van der Waals surface area contributed by atoms with Gasteiger partial charge in [-0.15, -0.1) is 0 Å². The van der Waals surface area contributed by atoms with Crippen molar-refractivity contribution in [3.8, 4) is 0 Å². The van der Waals surface area contributed by atoms with Crippen LogP contribution < -0.4 is 16.8 Å². The predicted octanol–water partition coefficient (Wildman–Crippen LogP) is -1.59. The van der Waals surface area contributed by atoms with Crippen molar-refractivity contribution in [2.45, 2.75) is 0 Å². The number of hydrogen-bond donors (Lipinski definition) is 4. The van der Waals surface area contributed by atoms with E-state index in [0.717, 1.165) is 0 Å². The summed E-state index contributed by atoms with van der Waals surface area (Å²) in [6, 6.07) is 0. The van der Waals surface area contributed by atoms with E-state index in [2.05, 4.69) is 15.5 Å². The summed E-state index contributed by atoms with van der Waals surface area (Å²) in [5.41, 5.74) is 10.2. The van der Waals surface area contributed by atoms with Gasteiger partial charge in [0, 0.05) is 0 Å². The number of hydrogen-bond acceptors (Lipinski definition) is 4.